The molecule has 0 spiro atoms. The molecule has 1 aliphatic rings. The molecule has 0 aliphatic carbocycles. The van der Waals surface area contributed by atoms with Crippen LogP contribution in [0.5, 0.6) is 0 Å². The summed E-state index contributed by atoms with van der Waals surface area (Å²) in [5.41, 5.74) is 0.893. The Balaban J connectivity index is 1.91. The first kappa shape index (κ1) is 16.2. The zero-order valence-electron chi connectivity index (χ0n) is 12.1. The van der Waals surface area contributed by atoms with E-state index in [0.717, 1.165) is 9.87 Å². The normalized spacial score (nSPS) is 17.3. The molecule has 0 saturated carbocycles. The van der Waals surface area contributed by atoms with E-state index < -0.39 is 22.0 Å². The fraction of sp³-hybridized carbons (Fsp3) is 0.267. The number of rotatable bonds is 3. The topological polar surface area (TPSA) is 74.7 Å². The van der Waals surface area contributed by atoms with Crippen LogP contribution in [0, 0.1) is 11.8 Å². The summed E-state index contributed by atoms with van der Waals surface area (Å²) in [5, 5.41) is 13.1. The molecule has 0 bridgehead atoms. The van der Waals surface area contributed by atoms with E-state index in [1.54, 1.807) is 24.3 Å². The van der Waals surface area contributed by atoms with Crippen molar-refractivity contribution in [2.24, 2.45) is 0 Å². The Bertz CT molecular complexity index is 900. The molecule has 2 aromatic heterocycles. The zero-order chi connectivity index (χ0) is 16.6. The third-order valence-corrected chi connectivity index (χ3v) is 7.30. The highest BCUT2D eigenvalue weighted by molar-refractivity contribution is 7.89. The van der Waals surface area contributed by atoms with Crippen LogP contribution in [0.4, 0.5) is 0 Å². The van der Waals surface area contributed by atoms with E-state index in [0.29, 0.717) is 9.75 Å². The van der Waals surface area contributed by atoms with Crippen LogP contribution in [-0.2, 0) is 21.4 Å². The average molecular weight is 367 g/mol. The summed E-state index contributed by atoms with van der Waals surface area (Å²) >= 11 is 2.86. The van der Waals surface area contributed by atoms with Gasteiger partial charge in [-0.3, -0.25) is 4.79 Å². The second-order valence-electron chi connectivity index (χ2n) is 4.97. The molecule has 0 amide bonds. The molecular weight excluding hydrogens is 354 g/mol. The Labute approximate surface area is 142 Å². The number of fused-ring (bicyclic) bond motifs is 1. The van der Waals surface area contributed by atoms with Gasteiger partial charge < -0.3 is 5.11 Å². The molecule has 3 rings (SSSR count). The van der Waals surface area contributed by atoms with Crippen molar-refractivity contribution in [3.63, 3.8) is 0 Å². The molecule has 1 unspecified atom stereocenters. The lowest BCUT2D eigenvalue weighted by atomic mass is 10.2. The summed E-state index contributed by atoms with van der Waals surface area (Å²) < 4.78 is 26.2. The maximum Gasteiger partial charge on any atom is 0.322 e. The number of carboxylic acids is 1. The minimum Gasteiger partial charge on any atom is -0.480 e. The molecule has 0 radical (unpaired) electrons. The van der Waals surface area contributed by atoms with Gasteiger partial charge in [0.1, 0.15) is 6.04 Å². The Hall–Kier alpha value is -1.66. The van der Waals surface area contributed by atoms with Gasteiger partial charge in [0, 0.05) is 15.8 Å². The monoisotopic (exact) mass is 367 g/mol. The van der Waals surface area contributed by atoms with Gasteiger partial charge in [-0.05, 0) is 23.9 Å². The molecular formula is C15H13NO4S3. The van der Waals surface area contributed by atoms with Gasteiger partial charge in [-0.25, -0.2) is 8.42 Å². The van der Waals surface area contributed by atoms with Gasteiger partial charge in [0.15, 0.2) is 0 Å². The SMILES string of the molecule is CCC(C(=O)O)N1Cc2sc(C#Cc3ccsc3)cc2S1(=O)=O. The number of hydrogen-bond acceptors (Lipinski definition) is 5. The third-order valence-electron chi connectivity index (χ3n) is 3.53. The van der Waals surface area contributed by atoms with Gasteiger partial charge in [-0.2, -0.15) is 15.6 Å². The molecule has 0 saturated heterocycles. The Kier molecular flexibility index (Phi) is 4.29. The van der Waals surface area contributed by atoms with Gasteiger partial charge >= 0.3 is 5.97 Å². The van der Waals surface area contributed by atoms with E-state index in [-0.39, 0.29) is 17.9 Å². The molecule has 1 aliphatic heterocycles. The van der Waals surface area contributed by atoms with Gasteiger partial charge in [0.25, 0.3) is 0 Å². The van der Waals surface area contributed by atoms with Crippen molar-refractivity contribution in [3.8, 4) is 11.8 Å². The smallest absolute Gasteiger partial charge is 0.322 e. The van der Waals surface area contributed by atoms with Crippen LogP contribution in [0.3, 0.4) is 0 Å². The number of carboxylic acid groups (broad SMARTS) is 1. The fourth-order valence-electron chi connectivity index (χ4n) is 2.40. The van der Waals surface area contributed by atoms with E-state index in [4.69, 9.17) is 0 Å². The highest BCUT2D eigenvalue weighted by Gasteiger charge is 2.42. The molecule has 2 aromatic rings. The van der Waals surface area contributed by atoms with Crippen molar-refractivity contribution in [2.75, 3.05) is 0 Å². The fourth-order valence-corrected chi connectivity index (χ4v) is 6.24. The summed E-state index contributed by atoms with van der Waals surface area (Å²) in [5.74, 6) is 4.84. The van der Waals surface area contributed by atoms with Crippen molar-refractivity contribution < 1.29 is 18.3 Å². The molecule has 5 nitrogen and oxygen atoms in total. The standard InChI is InChI=1S/C15H13NO4S3/c1-2-12(15(17)18)16-8-13-14(23(16,19)20)7-11(22-13)4-3-10-5-6-21-9-10/h5-7,9,12H,2,8H2,1H3,(H,17,18). The molecule has 120 valence electrons. The lowest BCUT2D eigenvalue weighted by Gasteiger charge is -2.21. The predicted molar refractivity (Wildman–Crippen MR) is 89.1 cm³/mol. The van der Waals surface area contributed by atoms with Gasteiger partial charge in [0.05, 0.1) is 16.3 Å². The summed E-state index contributed by atoms with van der Waals surface area (Å²) in [6.45, 7) is 1.77. The number of hydrogen-bond donors (Lipinski definition) is 1. The van der Waals surface area contributed by atoms with Gasteiger partial charge in [-0.15, -0.1) is 11.3 Å². The highest BCUT2D eigenvalue weighted by atomic mass is 32.2. The van der Waals surface area contributed by atoms with Crippen molar-refractivity contribution in [1.29, 1.82) is 0 Å². The third kappa shape index (κ3) is 2.93. The van der Waals surface area contributed by atoms with E-state index in [1.807, 2.05) is 16.8 Å². The van der Waals surface area contributed by atoms with Crippen molar-refractivity contribution in [2.45, 2.75) is 30.8 Å². The summed E-state index contributed by atoms with van der Waals surface area (Å²) in [6, 6.07) is 2.42. The highest BCUT2D eigenvalue weighted by Crippen LogP contribution is 2.38. The molecule has 0 fully saturated rings. The van der Waals surface area contributed by atoms with E-state index in [2.05, 4.69) is 11.8 Å². The van der Waals surface area contributed by atoms with E-state index >= 15 is 0 Å². The van der Waals surface area contributed by atoms with Crippen LogP contribution in [0.15, 0.2) is 27.8 Å². The molecule has 0 aromatic carbocycles. The quantitative estimate of drug-likeness (QED) is 0.846. The van der Waals surface area contributed by atoms with Crippen LogP contribution in [0.1, 0.15) is 28.7 Å². The van der Waals surface area contributed by atoms with Crippen LogP contribution in [0.25, 0.3) is 0 Å². The van der Waals surface area contributed by atoms with Crippen LogP contribution < -0.4 is 0 Å². The van der Waals surface area contributed by atoms with Crippen LogP contribution >= 0.6 is 22.7 Å². The number of carbonyl (C=O) groups is 1. The summed E-state index contributed by atoms with van der Waals surface area (Å²) in [7, 11) is -3.76. The minimum atomic E-state index is -3.76. The van der Waals surface area contributed by atoms with Gasteiger partial charge in [0.2, 0.25) is 10.0 Å². The van der Waals surface area contributed by atoms with E-state index in [9.17, 15) is 18.3 Å². The number of sulfonamides is 1. The second-order valence-corrected chi connectivity index (χ2v) is 8.75. The number of nitrogens with zero attached hydrogens (tertiary/aromatic N) is 1. The zero-order valence-corrected chi connectivity index (χ0v) is 14.6. The Morgan fingerprint density at radius 2 is 2.26 bits per heavy atom. The molecule has 1 N–H and O–H groups in total. The van der Waals surface area contributed by atoms with Crippen LogP contribution in [-0.4, -0.2) is 29.8 Å². The summed E-state index contributed by atoms with van der Waals surface area (Å²) in [6.07, 6.45) is 0.230. The average Bonchev–Trinajstić information content (AvgIpc) is 3.17. The maximum absolute atomic E-state index is 12.6. The molecule has 8 heteroatoms. The molecule has 23 heavy (non-hydrogen) atoms. The van der Waals surface area contributed by atoms with Crippen molar-refractivity contribution in [1.82, 2.24) is 4.31 Å². The first-order valence-electron chi connectivity index (χ1n) is 6.85. The maximum atomic E-state index is 12.6. The van der Waals surface area contributed by atoms with Crippen molar-refractivity contribution in [3.05, 3.63) is 38.2 Å². The van der Waals surface area contributed by atoms with Crippen molar-refractivity contribution >= 4 is 38.7 Å². The molecule has 1 atom stereocenters. The number of thiophene rings is 2. The lowest BCUT2D eigenvalue weighted by Crippen LogP contribution is -2.40. The van der Waals surface area contributed by atoms with Crippen LogP contribution in [0.2, 0.25) is 0 Å². The first-order valence-corrected chi connectivity index (χ1v) is 10.0. The Morgan fingerprint density at radius 1 is 1.48 bits per heavy atom. The Morgan fingerprint density at radius 3 is 2.83 bits per heavy atom. The minimum absolute atomic E-state index is 0.104. The number of aliphatic carboxylic acids is 1. The van der Waals surface area contributed by atoms with E-state index in [1.165, 1.54) is 11.3 Å². The molecule has 3 heterocycles. The summed E-state index contributed by atoms with van der Waals surface area (Å²) in [4.78, 5) is 12.8. The predicted octanol–water partition coefficient (Wildman–Crippen LogP) is 2.58. The second kappa shape index (κ2) is 6.09. The first-order chi connectivity index (χ1) is 10.9. The van der Waals surface area contributed by atoms with Gasteiger partial charge in [-0.1, -0.05) is 18.8 Å². The largest absolute Gasteiger partial charge is 0.480 e. The lowest BCUT2D eigenvalue weighted by molar-refractivity contribution is -0.141.